The molecule has 0 aliphatic heterocycles. The van der Waals surface area contributed by atoms with Crippen molar-refractivity contribution in [1.29, 1.82) is 0 Å². The van der Waals surface area contributed by atoms with Gasteiger partial charge >= 0.3 is 24.3 Å². The lowest BCUT2D eigenvalue weighted by atomic mass is 10.0. The molecule has 0 saturated heterocycles. The number of carboxylic acid groups (broad SMARTS) is 2. The predicted molar refractivity (Wildman–Crippen MR) is 43.6 cm³/mol. The quantitative estimate of drug-likeness (QED) is 0.612. The molecular weight excluding hydrogens is 274 g/mol. The third-order valence-corrected chi connectivity index (χ3v) is 1.64. The monoisotopic (exact) mass is 280 g/mol. The zero-order valence-corrected chi connectivity index (χ0v) is 8.39. The molecular formula is C8H6F6O4. The van der Waals surface area contributed by atoms with Crippen molar-refractivity contribution in [3.05, 3.63) is 11.1 Å². The van der Waals surface area contributed by atoms with Crippen LogP contribution in [0.25, 0.3) is 0 Å². The van der Waals surface area contributed by atoms with Crippen molar-refractivity contribution in [2.45, 2.75) is 25.2 Å². The van der Waals surface area contributed by atoms with E-state index in [1.54, 1.807) is 0 Å². The SMILES string of the molecule is O=C(O)/C(CC(F)(F)F)=C(\CC(F)(F)F)C(=O)O. The van der Waals surface area contributed by atoms with Crippen LogP contribution in [0.3, 0.4) is 0 Å². The molecule has 0 aromatic carbocycles. The molecule has 0 rings (SSSR count). The first-order valence-electron chi connectivity index (χ1n) is 4.15. The van der Waals surface area contributed by atoms with E-state index in [2.05, 4.69) is 0 Å². The Morgan fingerprint density at radius 2 is 0.944 bits per heavy atom. The second-order valence-corrected chi connectivity index (χ2v) is 3.15. The van der Waals surface area contributed by atoms with E-state index in [1.165, 1.54) is 0 Å². The average molecular weight is 280 g/mol. The minimum Gasteiger partial charge on any atom is -0.478 e. The Labute approximate surface area is 95.5 Å². The highest BCUT2D eigenvalue weighted by molar-refractivity contribution is 5.98. The molecule has 0 atom stereocenters. The number of carbonyl (C=O) groups is 2. The van der Waals surface area contributed by atoms with Crippen molar-refractivity contribution in [3.8, 4) is 0 Å². The molecule has 2 N–H and O–H groups in total. The second kappa shape index (κ2) is 5.27. The molecule has 0 aliphatic rings. The lowest BCUT2D eigenvalue weighted by Crippen LogP contribution is -2.22. The minimum absolute atomic E-state index is 1.83. The number of alkyl halides is 6. The van der Waals surface area contributed by atoms with E-state index >= 15 is 0 Å². The first kappa shape index (κ1) is 16.3. The molecule has 0 amide bonds. The van der Waals surface area contributed by atoms with Gasteiger partial charge in [-0.15, -0.1) is 0 Å². The van der Waals surface area contributed by atoms with Crippen LogP contribution in [0.2, 0.25) is 0 Å². The normalized spacial score (nSPS) is 14.1. The molecule has 104 valence electrons. The fourth-order valence-electron chi connectivity index (χ4n) is 1.02. The van der Waals surface area contributed by atoms with Gasteiger partial charge in [0.1, 0.15) is 0 Å². The van der Waals surface area contributed by atoms with Gasteiger partial charge in [0.05, 0.1) is 24.0 Å². The van der Waals surface area contributed by atoms with Crippen LogP contribution in [0.15, 0.2) is 11.1 Å². The summed E-state index contributed by atoms with van der Waals surface area (Å²) in [4.78, 5) is 20.8. The zero-order chi connectivity index (χ0) is 14.7. The molecule has 4 nitrogen and oxygen atoms in total. The predicted octanol–water partition coefficient (Wildman–Crippen LogP) is 2.36. The average Bonchev–Trinajstić information content (AvgIpc) is 2.06. The Hall–Kier alpha value is -1.74. The Bertz CT molecular complexity index is 342. The van der Waals surface area contributed by atoms with Crippen LogP contribution >= 0.6 is 0 Å². The molecule has 0 saturated carbocycles. The van der Waals surface area contributed by atoms with Gasteiger partial charge in [0.15, 0.2) is 0 Å². The van der Waals surface area contributed by atoms with E-state index in [-0.39, 0.29) is 0 Å². The van der Waals surface area contributed by atoms with Gasteiger partial charge in [0.25, 0.3) is 0 Å². The van der Waals surface area contributed by atoms with Crippen molar-refractivity contribution in [1.82, 2.24) is 0 Å². The van der Waals surface area contributed by atoms with Gasteiger partial charge in [0.2, 0.25) is 0 Å². The maximum atomic E-state index is 12.0. The standard InChI is InChI=1S/C8H6F6O4/c9-7(10,11)1-3(5(15)16)4(6(17)18)2-8(12,13)14/h1-2H2,(H,15,16)(H,17,18)/b4-3+. The Balaban J connectivity index is 5.60. The van der Waals surface area contributed by atoms with Crippen molar-refractivity contribution in [2.75, 3.05) is 0 Å². The summed E-state index contributed by atoms with van der Waals surface area (Å²) in [5.41, 5.74) is -3.65. The van der Waals surface area contributed by atoms with Gasteiger partial charge in [0, 0.05) is 0 Å². The van der Waals surface area contributed by atoms with Crippen LogP contribution < -0.4 is 0 Å². The highest BCUT2D eigenvalue weighted by Gasteiger charge is 2.39. The van der Waals surface area contributed by atoms with E-state index in [0.29, 0.717) is 0 Å². The van der Waals surface area contributed by atoms with Gasteiger partial charge in [-0.25, -0.2) is 9.59 Å². The number of carboxylic acids is 2. The lowest BCUT2D eigenvalue weighted by Gasteiger charge is -2.12. The fraction of sp³-hybridized carbons (Fsp3) is 0.500. The summed E-state index contributed by atoms with van der Waals surface area (Å²) in [7, 11) is 0. The van der Waals surface area contributed by atoms with E-state index in [4.69, 9.17) is 10.2 Å². The van der Waals surface area contributed by atoms with Crippen molar-refractivity contribution in [3.63, 3.8) is 0 Å². The molecule has 0 spiro atoms. The van der Waals surface area contributed by atoms with Crippen LogP contribution in [0.4, 0.5) is 26.3 Å². The van der Waals surface area contributed by atoms with Crippen LogP contribution in [0, 0.1) is 0 Å². The minimum atomic E-state index is -5.12. The van der Waals surface area contributed by atoms with Crippen molar-refractivity contribution >= 4 is 11.9 Å². The van der Waals surface area contributed by atoms with Gasteiger partial charge in [-0.2, -0.15) is 26.3 Å². The molecule has 0 fully saturated rings. The topological polar surface area (TPSA) is 74.6 Å². The smallest absolute Gasteiger partial charge is 0.393 e. The summed E-state index contributed by atoms with van der Waals surface area (Å²) >= 11 is 0. The largest absolute Gasteiger partial charge is 0.478 e. The van der Waals surface area contributed by atoms with Crippen LogP contribution in [0.1, 0.15) is 12.8 Å². The molecule has 0 unspecified atom stereocenters. The summed E-state index contributed by atoms with van der Waals surface area (Å²) < 4.78 is 71.7. The van der Waals surface area contributed by atoms with Gasteiger partial charge in [-0.05, 0) is 0 Å². The third-order valence-electron chi connectivity index (χ3n) is 1.64. The highest BCUT2D eigenvalue weighted by Crippen LogP contribution is 2.31. The third kappa shape index (κ3) is 6.11. The molecule has 0 aromatic rings. The van der Waals surface area contributed by atoms with Gasteiger partial charge in [-0.1, -0.05) is 0 Å². The van der Waals surface area contributed by atoms with Crippen molar-refractivity contribution in [2.24, 2.45) is 0 Å². The van der Waals surface area contributed by atoms with Crippen molar-refractivity contribution < 1.29 is 46.1 Å². The molecule has 0 aromatic heterocycles. The lowest BCUT2D eigenvalue weighted by molar-refractivity contribution is -0.148. The van der Waals surface area contributed by atoms with E-state index in [0.717, 1.165) is 0 Å². The summed E-state index contributed by atoms with van der Waals surface area (Å²) in [6, 6.07) is 0. The molecule has 18 heavy (non-hydrogen) atoms. The number of hydrogen-bond donors (Lipinski definition) is 2. The zero-order valence-electron chi connectivity index (χ0n) is 8.39. The van der Waals surface area contributed by atoms with Gasteiger partial charge < -0.3 is 10.2 Å². The summed E-state index contributed by atoms with van der Waals surface area (Å²) in [5.74, 6) is -4.71. The molecule has 10 heteroatoms. The van der Waals surface area contributed by atoms with Gasteiger partial charge in [-0.3, -0.25) is 0 Å². The summed E-state index contributed by atoms with van der Waals surface area (Å²) in [6.45, 7) is 0. The Morgan fingerprint density at radius 3 is 1.06 bits per heavy atom. The maximum Gasteiger partial charge on any atom is 0.393 e. The Morgan fingerprint density at radius 1 is 0.722 bits per heavy atom. The fourth-order valence-corrected chi connectivity index (χ4v) is 1.02. The van der Waals surface area contributed by atoms with Crippen LogP contribution in [0.5, 0.6) is 0 Å². The van der Waals surface area contributed by atoms with E-state index in [1.807, 2.05) is 0 Å². The first-order valence-corrected chi connectivity index (χ1v) is 4.15. The summed E-state index contributed by atoms with van der Waals surface area (Å²) in [6.07, 6.45) is -14.7. The number of hydrogen-bond acceptors (Lipinski definition) is 2. The number of halogens is 6. The summed E-state index contributed by atoms with van der Waals surface area (Å²) in [5, 5.41) is 16.7. The first-order chi connectivity index (χ1) is 7.83. The highest BCUT2D eigenvalue weighted by atomic mass is 19.4. The number of rotatable bonds is 4. The number of aliphatic carboxylic acids is 2. The van der Waals surface area contributed by atoms with E-state index in [9.17, 15) is 35.9 Å². The Kier molecular flexibility index (Phi) is 4.76. The van der Waals surface area contributed by atoms with Crippen LogP contribution in [-0.4, -0.2) is 34.5 Å². The molecule has 0 aliphatic carbocycles. The molecule has 0 bridgehead atoms. The molecule has 0 radical (unpaired) electrons. The van der Waals surface area contributed by atoms with E-state index < -0.39 is 48.3 Å². The maximum absolute atomic E-state index is 12.0. The molecule has 0 heterocycles. The van der Waals surface area contributed by atoms with Crippen LogP contribution in [-0.2, 0) is 9.59 Å². The second-order valence-electron chi connectivity index (χ2n) is 3.15.